The minimum atomic E-state index is -1.05. The minimum Gasteiger partial charge on any atom is -0.449 e. The maximum atomic E-state index is 12.7. The SMILES string of the molecule is Cc1nc2cc(C(=O)OC(C)C(=O)Nc3ccccc3C#N)ccc2n1-c1ccccc1. The van der Waals surface area contributed by atoms with E-state index in [1.165, 1.54) is 6.92 Å². The summed E-state index contributed by atoms with van der Waals surface area (Å²) < 4.78 is 7.35. The van der Waals surface area contributed by atoms with E-state index in [1.54, 1.807) is 36.4 Å². The molecule has 0 aliphatic rings. The third kappa shape index (κ3) is 4.07. The number of anilines is 1. The van der Waals surface area contributed by atoms with E-state index in [4.69, 9.17) is 10.00 Å². The Bertz CT molecular complexity index is 1350. The van der Waals surface area contributed by atoms with E-state index in [1.807, 2.05) is 54.0 Å². The average molecular weight is 424 g/mol. The zero-order valence-corrected chi connectivity index (χ0v) is 17.6. The second kappa shape index (κ2) is 8.74. The van der Waals surface area contributed by atoms with Crippen LogP contribution in [-0.2, 0) is 9.53 Å². The van der Waals surface area contributed by atoms with Gasteiger partial charge in [0.15, 0.2) is 6.10 Å². The second-order valence-corrected chi connectivity index (χ2v) is 7.23. The smallest absolute Gasteiger partial charge is 0.338 e. The summed E-state index contributed by atoms with van der Waals surface area (Å²) in [6, 6.07) is 23.6. The van der Waals surface area contributed by atoms with E-state index in [2.05, 4.69) is 10.3 Å². The minimum absolute atomic E-state index is 0.298. The van der Waals surface area contributed by atoms with Crippen LogP contribution in [0.15, 0.2) is 72.8 Å². The summed E-state index contributed by atoms with van der Waals surface area (Å²) in [5.74, 6) is -0.359. The number of nitrogens with one attached hydrogen (secondary N) is 1. The molecule has 4 rings (SSSR count). The number of carbonyl (C=O) groups excluding carboxylic acids is 2. The van der Waals surface area contributed by atoms with Crippen LogP contribution in [0.4, 0.5) is 5.69 Å². The molecule has 1 atom stereocenters. The number of nitrogens with zero attached hydrogens (tertiary/aromatic N) is 3. The zero-order chi connectivity index (χ0) is 22.7. The standard InChI is InChI=1S/C25H20N4O3/c1-16(24(30)28-21-11-7-6-8-19(21)15-26)32-25(31)18-12-13-23-22(14-18)27-17(2)29(23)20-9-4-3-5-10-20/h3-14,16H,1-2H3,(H,28,30). The van der Waals surface area contributed by atoms with Crippen molar-refractivity contribution in [2.75, 3.05) is 5.32 Å². The molecule has 0 aliphatic heterocycles. The van der Waals surface area contributed by atoms with Gasteiger partial charge in [-0.3, -0.25) is 9.36 Å². The van der Waals surface area contributed by atoms with Crippen molar-refractivity contribution < 1.29 is 14.3 Å². The normalized spacial score (nSPS) is 11.5. The van der Waals surface area contributed by atoms with Gasteiger partial charge in [-0.25, -0.2) is 9.78 Å². The first kappa shape index (κ1) is 20.8. The predicted molar refractivity (Wildman–Crippen MR) is 120 cm³/mol. The number of esters is 1. The highest BCUT2D eigenvalue weighted by atomic mass is 16.5. The predicted octanol–water partition coefficient (Wildman–Crippen LogP) is 4.39. The number of fused-ring (bicyclic) bond motifs is 1. The number of aromatic nitrogens is 2. The van der Waals surface area contributed by atoms with Crippen LogP contribution in [0.25, 0.3) is 16.7 Å². The van der Waals surface area contributed by atoms with Gasteiger partial charge in [-0.05, 0) is 56.3 Å². The fourth-order valence-electron chi connectivity index (χ4n) is 3.44. The zero-order valence-electron chi connectivity index (χ0n) is 17.6. The Kier molecular flexibility index (Phi) is 5.69. The number of carbonyl (C=O) groups is 2. The summed E-state index contributed by atoms with van der Waals surface area (Å²) in [6.07, 6.45) is -1.05. The summed E-state index contributed by atoms with van der Waals surface area (Å²) in [5.41, 5.74) is 3.49. The van der Waals surface area contributed by atoms with Crippen LogP contribution in [-0.4, -0.2) is 27.5 Å². The average Bonchev–Trinajstić information content (AvgIpc) is 3.14. The highest BCUT2D eigenvalue weighted by Gasteiger charge is 2.21. The van der Waals surface area contributed by atoms with Crippen molar-refractivity contribution in [1.29, 1.82) is 5.26 Å². The van der Waals surface area contributed by atoms with Gasteiger partial charge in [-0.2, -0.15) is 5.26 Å². The molecule has 0 fully saturated rings. The Morgan fingerprint density at radius 3 is 2.53 bits per heavy atom. The first-order valence-corrected chi connectivity index (χ1v) is 10.0. The molecule has 0 radical (unpaired) electrons. The van der Waals surface area contributed by atoms with E-state index in [9.17, 15) is 9.59 Å². The van der Waals surface area contributed by atoms with Crippen molar-refractivity contribution in [3.63, 3.8) is 0 Å². The molecule has 32 heavy (non-hydrogen) atoms. The van der Waals surface area contributed by atoms with E-state index in [0.717, 1.165) is 17.0 Å². The van der Waals surface area contributed by atoms with E-state index in [0.29, 0.717) is 22.3 Å². The number of rotatable bonds is 5. The maximum Gasteiger partial charge on any atom is 0.338 e. The molecule has 7 nitrogen and oxygen atoms in total. The fourth-order valence-corrected chi connectivity index (χ4v) is 3.44. The van der Waals surface area contributed by atoms with Crippen LogP contribution in [0.5, 0.6) is 0 Å². The van der Waals surface area contributed by atoms with Crippen molar-refractivity contribution in [2.24, 2.45) is 0 Å². The highest BCUT2D eigenvalue weighted by molar-refractivity contribution is 5.99. The molecule has 0 spiro atoms. The lowest BCUT2D eigenvalue weighted by Gasteiger charge is -2.14. The molecular formula is C25H20N4O3. The molecule has 4 aromatic rings. The van der Waals surface area contributed by atoms with Crippen LogP contribution in [0, 0.1) is 18.3 Å². The van der Waals surface area contributed by atoms with Gasteiger partial charge in [0.05, 0.1) is 27.8 Å². The van der Waals surface area contributed by atoms with E-state index < -0.39 is 18.0 Å². The van der Waals surface area contributed by atoms with Gasteiger partial charge >= 0.3 is 5.97 Å². The summed E-state index contributed by atoms with van der Waals surface area (Å²) >= 11 is 0. The number of imidazole rings is 1. The summed E-state index contributed by atoms with van der Waals surface area (Å²) in [6.45, 7) is 3.38. The van der Waals surface area contributed by atoms with Crippen molar-refractivity contribution in [2.45, 2.75) is 20.0 Å². The van der Waals surface area contributed by atoms with Gasteiger partial charge in [-0.1, -0.05) is 30.3 Å². The Balaban J connectivity index is 1.51. The van der Waals surface area contributed by atoms with Crippen molar-refractivity contribution in [3.05, 3.63) is 89.7 Å². The lowest BCUT2D eigenvalue weighted by Crippen LogP contribution is -2.30. The van der Waals surface area contributed by atoms with Crippen LogP contribution < -0.4 is 5.32 Å². The lowest BCUT2D eigenvalue weighted by atomic mass is 10.2. The second-order valence-electron chi connectivity index (χ2n) is 7.23. The van der Waals surface area contributed by atoms with Gasteiger partial charge in [0.25, 0.3) is 5.91 Å². The lowest BCUT2D eigenvalue weighted by molar-refractivity contribution is -0.123. The molecule has 0 bridgehead atoms. The van der Waals surface area contributed by atoms with Gasteiger partial charge in [0.2, 0.25) is 0 Å². The Morgan fingerprint density at radius 2 is 1.78 bits per heavy atom. The number of benzene rings is 3. The van der Waals surface area contributed by atoms with Gasteiger partial charge in [0.1, 0.15) is 11.9 Å². The van der Waals surface area contributed by atoms with Crippen molar-refractivity contribution in [1.82, 2.24) is 9.55 Å². The van der Waals surface area contributed by atoms with Crippen LogP contribution >= 0.6 is 0 Å². The Morgan fingerprint density at radius 1 is 1.06 bits per heavy atom. The third-order valence-corrected chi connectivity index (χ3v) is 5.03. The molecule has 1 unspecified atom stereocenters. The number of hydrogen-bond acceptors (Lipinski definition) is 5. The van der Waals surface area contributed by atoms with Gasteiger partial charge in [-0.15, -0.1) is 0 Å². The Hall–Kier alpha value is -4.44. The number of nitriles is 1. The largest absolute Gasteiger partial charge is 0.449 e. The van der Waals surface area contributed by atoms with Crippen LogP contribution in [0.3, 0.4) is 0 Å². The monoisotopic (exact) mass is 424 g/mol. The number of para-hydroxylation sites is 2. The molecule has 0 aliphatic carbocycles. The molecule has 3 aromatic carbocycles. The molecule has 0 saturated carbocycles. The quantitative estimate of drug-likeness (QED) is 0.479. The number of amides is 1. The topological polar surface area (TPSA) is 97.0 Å². The first-order valence-electron chi connectivity index (χ1n) is 10.0. The molecule has 1 aromatic heterocycles. The third-order valence-electron chi connectivity index (χ3n) is 5.03. The summed E-state index contributed by atoms with van der Waals surface area (Å²) in [7, 11) is 0. The fraction of sp³-hybridized carbons (Fsp3) is 0.120. The van der Waals surface area contributed by atoms with Crippen LogP contribution in [0.2, 0.25) is 0 Å². The Labute approximate surface area is 184 Å². The van der Waals surface area contributed by atoms with Crippen molar-refractivity contribution >= 4 is 28.6 Å². The van der Waals surface area contributed by atoms with Gasteiger partial charge < -0.3 is 10.1 Å². The number of ether oxygens (including phenoxy) is 1. The van der Waals surface area contributed by atoms with Gasteiger partial charge in [0, 0.05) is 5.69 Å². The highest BCUT2D eigenvalue weighted by Crippen LogP contribution is 2.23. The number of hydrogen-bond donors (Lipinski definition) is 1. The van der Waals surface area contributed by atoms with E-state index in [-0.39, 0.29) is 0 Å². The van der Waals surface area contributed by atoms with E-state index >= 15 is 0 Å². The molecule has 1 amide bonds. The molecule has 0 saturated heterocycles. The molecule has 158 valence electrons. The summed E-state index contributed by atoms with van der Waals surface area (Å²) in [5, 5.41) is 11.8. The summed E-state index contributed by atoms with van der Waals surface area (Å²) in [4.78, 5) is 29.7. The molecular weight excluding hydrogens is 404 g/mol. The molecule has 1 N–H and O–H groups in total. The molecule has 1 heterocycles. The number of aryl methyl sites for hydroxylation is 1. The maximum absolute atomic E-state index is 12.7. The van der Waals surface area contributed by atoms with Crippen LogP contribution in [0.1, 0.15) is 28.7 Å². The first-order chi connectivity index (χ1) is 15.5. The molecule has 7 heteroatoms. The van der Waals surface area contributed by atoms with Crippen molar-refractivity contribution in [3.8, 4) is 11.8 Å².